The van der Waals surface area contributed by atoms with E-state index >= 15 is 0 Å². The smallest absolute Gasteiger partial charge is 0.255 e. The van der Waals surface area contributed by atoms with E-state index in [9.17, 15) is 9.59 Å². The van der Waals surface area contributed by atoms with Crippen molar-refractivity contribution in [2.75, 3.05) is 33.3 Å². The number of amides is 2. The van der Waals surface area contributed by atoms with E-state index in [1.54, 1.807) is 41.2 Å². The van der Waals surface area contributed by atoms with Crippen LogP contribution in [0.4, 0.5) is 0 Å². The second-order valence-electron chi connectivity index (χ2n) is 4.65. The van der Waals surface area contributed by atoms with Gasteiger partial charge in [0, 0.05) is 31.7 Å². The van der Waals surface area contributed by atoms with Gasteiger partial charge in [-0.05, 0) is 18.2 Å². The second-order valence-corrected chi connectivity index (χ2v) is 5.75. The topological polar surface area (TPSA) is 49.9 Å². The van der Waals surface area contributed by atoms with Crippen LogP contribution in [0.15, 0.2) is 24.3 Å². The quantitative estimate of drug-likeness (QED) is 0.794. The maximum Gasteiger partial charge on any atom is 0.255 e. The molecule has 0 bridgehead atoms. The van der Waals surface area contributed by atoms with Crippen LogP contribution < -0.4 is 4.74 Å². The number of carbonyl (C=O) groups is 2. The first-order chi connectivity index (χ1) is 10.0. The molecule has 2 rings (SSSR count). The van der Waals surface area contributed by atoms with Gasteiger partial charge in [-0.2, -0.15) is 0 Å². The fourth-order valence-corrected chi connectivity index (χ4v) is 2.48. The summed E-state index contributed by atoms with van der Waals surface area (Å²) >= 11 is 11.1. The lowest BCUT2D eigenvalue weighted by Crippen LogP contribution is -2.51. The van der Waals surface area contributed by atoms with Crippen LogP contribution in [0.3, 0.4) is 0 Å². The number of hydrogen-bond donors (Lipinski definition) is 0. The van der Waals surface area contributed by atoms with Gasteiger partial charge < -0.3 is 14.5 Å². The number of ether oxygens (including phenoxy) is 1. The molecule has 0 aliphatic carbocycles. The van der Waals surface area contributed by atoms with Crippen molar-refractivity contribution in [3.63, 3.8) is 0 Å². The van der Waals surface area contributed by atoms with E-state index in [1.165, 1.54) is 0 Å². The van der Waals surface area contributed by atoms with E-state index in [0.29, 0.717) is 37.5 Å². The molecule has 1 aliphatic rings. The third-order valence-corrected chi connectivity index (χ3v) is 3.76. The molecule has 1 aromatic carbocycles. The number of benzene rings is 1. The molecular formula is C14H16Cl2N2O3. The zero-order valence-electron chi connectivity index (χ0n) is 11.6. The summed E-state index contributed by atoms with van der Waals surface area (Å²) in [6.07, 6.45) is 0. The molecule has 1 fully saturated rings. The normalized spacial score (nSPS) is 15.2. The number of alkyl halides is 2. The zero-order chi connectivity index (χ0) is 15.4. The predicted molar refractivity (Wildman–Crippen MR) is 81.0 cm³/mol. The molecular weight excluding hydrogens is 315 g/mol. The lowest BCUT2D eigenvalue weighted by Gasteiger charge is -2.35. The molecule has 0 spiro atoms. The molecule has 2 amide bonds. The lowest BCUT2D eigenvalue weighted by atomic mass is 10.1. The van der Waals surface area contributed by atoms with Crippen LogP contribution in [0.25, 0.3) is 0 Å². The highest BCUT2D eigenvalue weighted by Gasteiger charge is 2.27. The first kappa shape index (κ1) is 15.9. The Labute approximate surface area is 133 Å². The molecule has 1 saturated heterocycles. The third-order valence-electron chi connectivity index (χ3n) is 3.38. The molecule has 114 valence electrons. The summed E-state index contributed by atoms with van der Waals surface area (Å²) in [4.78, 5) is 26.3. The Bertz CT molecular complexity index is 529. The average Bonchev–Trinajstić information content (AvgIpc) is 2.53. The summed E-state index contributed by atoms with van der Waals surface area (Å²) < 4.78 is 5.11. The summed E-state index contributed by atoms with van der Waals surface area (Å²) in [6.45, 7) is 1.79. The molecule has 1 aromatic rings. The molecule has 0 radical (unpaired) electrons. The van der Waals surface area contributed by atoms with Crippen molar-refractivity contribution in [1.29, 1.82) is 0 Å². The minimum absolute atomic E-state index is 0.0747. The maximum atomic E-state index is 12.4. The van der Waals surface area contributed by atoms with Crippen LogP contribution in [-0.2, 0) is 4.79 Å². The SMILES string of the molecule is COc1cccc(C(=O)N2CCN(C(=O)C(Cl)Cl)CC2)c1. The summed E-state index contributed by atoms with van der Waals surface area (Å²) in [5, 5.41) is 0. The van der Waals surface area contributed by atoms with Gasteiger partial charge >= 0.3 is 0 Å². The van der Waals surface area contributed by atoms with Gasteiger partial charge in [0.25, 0.3) is 11.8 Å². The Morgan fingerprint density at radius 1 is 1.14 bits per heavy atom. The van der Waals surface area contributed by atoms with Gasteiger partial charge in [-0.15, -0.1) is 0 Å². The van der Waals surface area contributed by atoms with E-state index in [4.69, 9.17) is 27.9 Å². The van der Waals surface area contributed by atoms with Crippen molar-refractivity contribution in [1.82, 2.24) is 9.80 Å². The molecule has 0 saturated carbocycles. The number of halogens is 2. The van der Waals surface area contributed by atoms with Crippen LogP contribution in [0, 0.1) is 0 Å². The van der Waals surface area contributed by atoms with Gasteiger partial charge in [0.05, 0.1) is 7.11 Å². The minimum Gasteiger partial charge on any atom is -0.497 e. The summed E-state index contributed by atoms with van der Waals surface area (Å²) in [7, 11) is 1.56. The fraction of sp³-hybridized carbons (Fsp3) is 0.429. The molecule has 1 aliphatic heterocycles. The van der Waals surface area contributed by atoms with Gasteiger partial charge in [0.15, 0.2) is 4.84 Å². The molecule has 0 atom stereocenters. The molecule has 21 heavy (non-hydrogen) atoms. The Balaban J connectivity index is 1.98. The van der Waals surface area contributed by atoms with Gasteiger partial charge in [-0.1, -0.05) is 29.3 Å². The maximum absolute atomic E-state index is 12.4. The average molecular weight is 331 g/mol. The first-order valence-corrected chi connectivity index (χ1v) is 7.40. The van der Waals surface area contributed by atoms with E-state index < -0.39 is 4.84 Å². The lowest BCUT2D eigenvalue weighted by molar-refractivity contribution is -0.130. The fourth-order valence-electron chi connectivity index (χ4n) is 2.21. The van der Waals surface area contributed by atoms with Crippen molar-refractivity contribution in [2.24, 2.45) is 0 Å². The van der Waals surface area contributed by atoms with Gasteiger partial charge in [-0.3, -0.25) is 9.59 Å². The Hall–Kier alpha value is -1.46. The zero-order valence-corrected chi connectivity index (χ0v) is 13.1. The van der Waals surface area contributed by atoms with Crippen LogP contribution >= 0.6 is 23.2 Å². The largest absolute Gasteiger partial charge is 0.497 e. The van der Waals surface area contributed by atoms with Crippen molar-refractivity contribution >= 4 is 35.0 Å². The van der Waals surface area contributed by atoms with Crippen molar-refractivity contribution in [2.45, 2.75) is 4.84 Å². The van der Waals surface area contributed by atoms with E-state index in [-0.39, 0.29) is 11.8 Å². The Morgan fingerprint density at radius 3 is 2.33 bits per heavy atom. The highest BCUT2D eigenvalue weighted by atomic mass is 35.5. The third kappa shape index (κ3) is 3.80. The molecule has 0 aromatic heterocycles. The van der Waals surface area contributed by atoms with Crippen LogP contribution in [-0.4, -0.2) is 59.7 Å². The highest BCUT2D eigenvalue weighted by Crippen LogP contribution is 2.16. The van der Waals surface area contributed by atoms with Gasteiger partial charge in [0.2, 0.25) is 0 Å². The van der Waals surface area contributed by atoms with Crippen LogP contribution in [0.1, 0.15) is 10.4 Å². The number of carbonyl (C=O) groups excluding carboxylic acids is 2. The molecule has 0 N–H and O–H groups in total. The van der Waals surface area contributed by atoms with Gasteiger partial charge in [0.1, 0.15) is 5.75 Å². The summed E-state index contributed by atoms with van der Waals surface area (Å²) in [5.74, 6) is 0.253. The number of hydrogen-bond acceptors (Lipinski definition) is 3. The van der Waals surface area contributed by atoms with Crippen molar-refractivity contribution < 1.29 is 14.3 Å². The number of methoxy groups -OCH3 is 1. The summed E-state index contributed by atoms with van der Waals surface area (Å²) in [6, 6.07) is 7.01. The van der Waals surface area contributed by atoms with Crippen molar-refractivity contribution in [3.05, 3.63) is 29.8 Å². The summed E-state index contributed by atoms with van der Waals surface area (Å²) in [5.41, 5.74) is 0.571. The first-order valence-electron chi connectivity index (χ1n) is 6.53. The van der Waals surface area contributed by atoms with Crippen molar-refractivity contribution in [3.8, 4) is 5.75 Å². The molecule has 0 unspecified atom stereocenters. The van der Waals surface area contributed by atoms with Gasteiger partial charge in [-0.25, -0.2) is 0 Å². The minimum atomic E-state index is -1.05. The van der Waals surface area contributed by atoms with E-state index in [0.717, 1.165) is 0 Å². The van der Waals surface area contributed by atoms with E-state index in [2.05, 4.69) is 0 Å². The monoisotopic (exact) mass is 330 g/mol. The Morgan fingerprint density at radius 2 is 1.76 bits per heavy atom. The highest BCUT2D eigenvalue weighted by molar-refractivity contribution is 6.53. The standard InChI is InChI=1S/C14H16Cl2N2O3/c1-21-11-4-2-3-10(9-11)13(19)17-5-7-18(8-6-17)14(20)12(15)16/h2-4,9,12H,5-8H2,1H3. The predicted octanol–water partition coefficient (Wildman–Crippen LogP) is 1.78. The van der Waals surface area contributed by atoms with Crippen LogP contribution in [0.5, 0.6) is 5.75 Å². The number of piperazine rings is 1. The molecule has 7 heteroatoms. The molecule has 1 heterocycles. The molecule has 5 nitrogen and oxygen atoms in total. The van der Waals surface area contributed by atoms with E-state index in [1.807, 2.05) is 0 Å². The Kier molecular flexibility index (Phi) is 5.31. The number of nitrogens with zero attached hydrogens (tertiary/aromatic N) is 2. The van der Waals surface area contributed by atoms with Crippen LogP contribution in [0.2, 0.25) is 0 Å². The second kappa shape index (κ2) is 7.00. The number of rotatable bonds is 3.